The Labute approximate surface area is 174 Å². The molecule has 0 saturated heterocycles. The molecule has 0 unspecified atom stereocenters. The molecule has 6 nitrogen and oxygen atoms in total. The van der Waals surface area contributed by atoms with Crippen LogP contribution in [0.15, 0.2) is 76.4 Å². The molecule has 0 spiro atoms. The van der Waals surface area contributed by atoms with Gasteiger partial charge >= 0.3 is 0 Å². The number of nitrogens with one attached hydrogen (secondary N) is 1. The van der Waals surface area contributed by atoms with Crippen molar-refractivity contribution in [2.75, 3.05) is 0 Å². The summed E-state index contributed by atoms with van der Waals surface area (Å²) >= 11 is 7.44. The predicted molar refractivity (Wildman–Crippen MR) is 115 cm³/mol. The largest absolute Gasteiger partial charge is 0.306 e. The first-order valence-corrected chi connectivity index (χ1v) is 10.0. The summed E-state index contributed by atoms with van der Waals surface area (Å²) in [6.07, 6.45) is 0. The van der Waals surface area contributed by atoms with Gasteiger partial charge in [0, 0.05) is 33.4 Å². The van der Waals surface area contributed by atoms with Crippen LogP contribution in [0.4, 0.5) is 5.69 Å². The number of nitrogens with zero attached hydrogens (tertiary/aromatic N) is 2. The van der Waals surface area contributed by atoms with Gasteiger partial charge in [0.05, 0.1) is 15.8 Å². The van der Waals surface area contributed by atoms with Gasteiger partial charge in [0.25, 0.3) is 11.2 Å². The molecule has 29 heavy (non-hydrogen) atoms. The van der Waals surface area contributed by atoms with Crippen LogP contribution in [0.1, 0.15) is 5.56 Å². The van der Waals surface area contributed by atoms with Gasteiger partial charge in [-0.05, 0) is 35.9 Å². The van der Waals surface area contributed by atoms with E-state index >= 15 is 0 Å². The van der Waals surface area contributed by atoms with Gasteiger partial charge in [0.2, 0.25) is 0 Å². The van der Waals surface area contributed by atoms with Crippen molar-refractivity contribution in [3.63, 3.8) is 0 Å². The minimum Gasteiger partial charge on any atom is -0.306 e. The van der Waals surface area contributed by atoms with Crippen molar-refractivity contribution < 1.29 is 4.92 Å². The Balaban J connectivity index is 1.78. The van der Waals surface area contributed by atoms with Crippen LogP contribution in [0.5, 0.6) is 0 Å². The van der Waals surface area contributed by atoms with E-state index in [1.54, 1.807) is 30.3 Å². The number of nitro groups is 1. The van der Waals surface area contributed by atoms with Gasteiger partial charge in [-0.1, -0.05) is 35.9 Å². The number of H-pyrrole nitrogens is 1. The lowest BCUT2D eigenvalue weighted by Crippen LogP contribution is -2.09. The standard InChI is InChI=1S/C21H14ClN3O3S/c22-14-7-5-13(6-8-14)12-29-19-10-9-15(25(27)28)11-17(19)20-23-18-4-2-1-3-16(18)21(26)24-20/h1-11H,12H2,(H,23,24,26). The Hall–Kier alpha value is -3.16. The van der Waals surface area contributed by atoms with Crippen LogP contribution in [0.2, 0.25) is 5.02 Å². The molecule has 0 aliphatic heterocycles. The summed E-state index contributed by atoms with van der Waals surface area (Å²) in [6, 6.07) is 19.1. The predicted octanol–water partition coefficient (Wildman–Crippen LogP) is 5.44. The third-order valence-electron chi connectivity index (χ3n) is 4.35. The number of non-ortho nitro benzene ring substituents is 1. The zero-order valence-electron chi connectivity index (χ0n) is 15.0. The SMILES string of the molecule is O=c1[nH]c(-c2cc([N+](=O)[O-])ccc2SCc2ccc(Cl)cc2)nc2ccccc12. The first-order chi connectivity index (χ1) is 14.0. The first-order valence-electron chi connectivity index (χ1n) is 8.66. The third kappa shape index (κ3) is 4.16. The van der Waals surface area contributed by atoms with Crippen molar-refractivity contribution in [3.8, 4) is 11.4 Å². The minimum atomic E-state index is -0.462. The first kappa shape index (κ1) is 19.2. The summed E-state index contributed by atoms with van der Waals surface area (Å²) in [5.74, 6) is 0.941. The van der Waals surface area contributed by atoms with E-state index in [-0.39, 0.29) is 11.2 Å². The number of nitro benzene ring substituents is 1. The normalized spacial score (nSPS) is 10.9. The molecule has 0 atom stereocenters. The van der Waals surface area contributed by atoms with Crippen LogP contribution in [0, 0.1) is 10.1 Å². The molecular weight excluding hydrogens is 410 g/mol. The molecule has 8 heteroatoms. The molecule has 0 fully saturated rings. The molecule has 0 amide bonds. The molecule has 4 rings (SSSR count). The van der Waals surface area contributed by atoms with Crippen molar-refractivity contribution in [2.24, 2.45) is 0 Å². The van der Waals surface area contributed by atoms with Gasteiger partial charge in [-0.15, -0.1) is 11.8 Å². The smallest absolute Gasteiger partial charge is 0.270 e. The summed E-state index contributed by atoms with van der Waals surface area (Å²) in [5, 5.41) is 12.4. The lowest BCUT2D eigenvalue weighted by Gasteiger charge is -2.10. The zero-order chi connectivity index (χ0) is 20.4. The molecule has 4 aromatic rings. The van der Waals surface area contributed by atoms with E-state index in [0.717, 1.165) is 10.5 Å². The highest BCUT2D eigenvalue weighted by Gasteiger charge is 2.16. The van der Waals surface area contributed by atoms with E-state index in [4.69, 9.17) is 11.6 Å². The van der Waals surface area contributed by atoms with Crippen LogP contribution in [-0.2, 0) is 5.75 Å². The number of aromatic nitrogens is 2. The van der Waals surface area contributed by atoms with Crippen LogP contribution >= 0.6 is 23.4 Å². The Morgan fingerprint density at radius 2 is 1.83 bits per heavy atom. The number of hydrogen-bond acceptors (Lipinski definition) is 5. The number of halogens is 1. The van der Waals surface area contributed by atoms with Crippen LogP contribution in [0.3, 0.4) is 0 Å². The Kier molecular flexibility index (Phi) is 5.33. The molecule has 1 heterocycles. The molecule has 0 radical (unpaired) electrons. The lowest BCUT2D eigenvalue weighted by atomic mass is 10.1. The average Bonchev–Trinajstić information content (AvgIpc) is 2.73. The van der Waals surface area contributed by atoms with Crippen molar-refractivity contribution in [1.82, 2.24) is 9.97 Å². The molecular formula is C21H14ClN3O3S. The number of thioether (sulfide) groups is 1. The van der Waals surface area contributed by atoms with E-state index in [2.05, 4.69) is 9.97 Å². The fourth-order valence-electron chi connectivity index (χ4n) is 2.90. The summed E-state index contributed by atoms with van der Waals surface area (Å²) in [7, 11) is 0. The topological polar surface area (TPSA) is 88.9 Å². The number of rotatable bonds is 5. The molecule has 0 saturated carbocycles. The van der Waals surface area contributed by atoms with E-state index in [9.17, 15) is 14.9 Å². The monoisotopic (exact) mass is 423 g/mol. The second-order valence-corrected chi connectivity index (χ2v) is 7.74. The highest BCUT2D eigenvalue weighted by Crippen LogP contribution is 2.34. The molecule has 0 bridgehead atoms. The van der Waals surface area contributed by atoms with Gasteiger partial charge in [0.1, 0.15) is 5.82 Å². The summed E-state index contributed by atoms with van der Waals surface area (Å²) in [6.45, 7) is 0. The molecule has 144 valence electrons. The van der Waals surface area contributed by atoms with E-state index in [1.807, 2.05) is 24.3 Å². The Bertz CT molecular complexity index is 1270. The number of hydrogen-bond donors (Lipinski definition) is 1. The third-order valence-corrected chi connectivity index (χ3v) is 5.75. The zero-order valence-corrected chi connectivity index (χ0v) is 16.5. The van der Waals surface area contributed by atoms with Crippen molar-refractivity contribution in [3.05, 3.63) is 97.8 Å². The fraction of sp³-hybridized carbons (Fsp3) is 0.0476. The second-order valence-electron chi connectivity index (χ2n) is 6.28. The minimum absolute atomic E-state index is 0.0633. The molecule has 0 aliphatic rings. The molecule has 3 aromatic carbocycles. The summed E-state index contributed by atoms with van der Waals surface area (Å²) in [5.41, 5.74) is 1.76. The molecule has 1 aromatic heterocycles. The van der Waals surface area contributed by atoms with Gasteiger partial charge in [0.15, 0.2) is 0 Å². The Morgan fingerprint density at radius 1 is 1.07 bits per heavy atom. The van der Waals surface area contributed by atoms with E-state index < -0.39 is 4.92 Å². The maximum absolute atomic E-state index is 12.5. The van der Waals surface area contributed by atoms with Crippen LogP contribution in [-0.4, -0.2) is 14.9 Å². The van der Waals surface area contributed by atoms with Gasteiger partial charge < -0.3 is 4.98 Å². The second kappa shape index (κ2) is 8.06. The lowest BCUT2D eigenvalue weighted by molar-refractivity contribution is -0.384. The summed E-state index contributed by atoms with van der Waals surface area (Å²) in [4.78, 5) is 31.3. The average molecular weight is 424 g/mol. The summed E-state index contributed by atoms with van der Waals surface area (Å²) < 4.78 is 0. The maximum atomic E-state index is 12.5. The van der Waals surface area contributed by atoms with Gasteiger partial charge in [-0.25, -0.2) is 4.98 Å². The quantitative estimate of drug-likeness (QED) is 0.262. The van der Waals surface area contributed by atoms with Crippen LogP contribution < -0.4 is 5.56 Å². The fourth-order valence-corrected chi connectivity index (χ4v) is 4.01. The highest BCUT2D eigenvalue weighted by atomic mass is 35.5. The number of aromatic amines is 1. The van der Waals surface area contributed by atoms with Crippen molar-refractivity contribution in [1.29, 1.82) is 0 Å². The Morgan fingerprint density at radius 3 is 2.59 bits per heavy atom. The van der Waals surface area contributed by atoms with E-state index in [1.165, 1.54) is 23.9 Å². The maximum Gasteiger partial charge on any atom is 0.270 e. The van der Waals surface area contributed by atoms with Crippen molar-refractivity contribution >= 4 is 40.0 Å². The van der Waals surface area contributed by atoms with Gasteiger partial charge in [-0.2, -0.15) is 0 Å². The molecule has 0 aliphatic carbocycles. The van der Waals surface area contributed by atoms with Crippen molar-refractivity contribution in [2.45, 2.75) is 10.6 Å². The highest BCUT2D eigenvalue weighted by molar-refractivity contribution is 7.98. The van der Waals surface area contributed by atoms with Gasteiger partial charge in [-0.3, -0.25) is 14.9 Å². The number of benzene rings is 3. The molecule has 1 N–H and O–H groups in total. The van der Waals surface area contributed by atoms with E-state index in [0.29, 0.717) is 33.1 Å². The number of fused-ring (bicyclic) bond motifs is 1. The van der Waals surface area contributed by atoms with Crippen LogP contribution in [0.25, 0.3) is 22.3 Å². The number of para-hydroxylation sites is 1.